The van der Waals surface area contributed by atoms with E-state index in [4.69, 9.17) is 16.3 Å². The Morgan fingerprint density at radius 2 is 2.32 bits per heavy atom. The molecule has 0 atom stereocenters. The predicted molar refractivity (Wildman–Crippen MR) is 86.3 cm³/mol. The molecule has 6 nitrogen and oxygen atoms in total. The number of halogens is 1. The van der Waals surface area contributed by atoms with Gasteiger partial charge in [0.1, 0.15) is 5.75 Å². The summed E-state index contributed by atoms with van der Waals surface area (Å²) in [5.41, 5.74) is 0.649. The molecule has 0 aliphatic heterocycles. The summed E-state index contributed by atoms with van der Waals surface area (Å²) in [5.74, 6) is 0.473. The van der Waals surface area contributed by atoms with Crippen molar-refractivity contribution in [1.29, 1.82) is 0 Å². The van der Waals surface area contributed by atoms with Crippen molar-refractivity contribution in [3.05, 3.63) is 41.9 Å². The molecule has 2 N–H and O–H groups in total. The summed E-state index contributed by atoms with van der Waals surface area (Å²) in [6, 6.07) is 5.13. The number of carbonyl (C=O) groups is 1. The molecule has 2 aromatic rings. The van der Waals surface area contributed by atoms with Gasteiger partial charge in [0.25, 0.3) is 0 Å². The lowest BCUT2D eigenvalue weighted by Crippen LogP contribution is -2.29. The second kappa shape index (κ2) is 8.41. The number of ether oxygens (including phenoxy) is 1. The first-order chi connectivity index (χ1) is 10.7. The van der Waals surface area contributed by atoms with Crippen molar-refractivity contribution < 1.29 is 9.53 Å². The van der Waals surface area contributed by atoms with E-state index in [0.717, 1.165) is 19.5 Å². The van der Waals surface area contributed by atoms with Crippen LogP contribution in [0.15, 0.2) is 36.9 Å². The first-order valence-electron chi connectivity index (χ1n) is 6.99. The minimum absolute atomic E-state index is 0.108. The van der Waals surface area contributed by atoms with Crippen molar-refractivity contribution in [1.82, 2.24) is 14.9 Å². The molecule has 1 aromatic heterocycles. The van der Waals surface area contributed by atoms with Gasteiger partial charge in [-0.1, -0.05) is 11.6 Å². The lowest BCUT2D eigenvalue weighted by molar-refractivity contribution is -0.115. The van der Waals surface area contributed by atoms with E-state index in [1.54, 1.807) is 37.8 Å². The minimum Gasteiger partial charge on any atom is -0.495 e. The summed E-state index contributed by atoms with van der Waals surface area (Å²) in [7, 11) is 1.55. The van der Waals surface area contributed by atoms with Gasteiger partial charge in [0.15, 0.2) is 0 Å². The molecule has 0 fully saturated rings. The minimum atomic E-state index is -0.108. The zero-order valence-electron chi connectivity index (χ0n) is 12.4. The second-order valence-electron chi connectivity index (χ2n) is 4.73. The van der Waals surface area contributed by atoms with Crippen LogP contribution in [0.1, 0.15) is 6.42 Å². The van der Waals surface area contributed by atoms with E-state index in [0.29, 0.717) is 16.5 Å². The van der Waals surface area contributed by atoms with E-state index < -0.39 is 0 Å². The maximum atomic E-state index is 11.8. The van der Waals surface area contributed by atoms with Crippen molar-refractivity contribution in [3.8, 4) is 5.75 Å². The first-order valence-corrected chi connectivity index (χ1v) is 7.36. The largest absolute Gasteiger partial charge is 0.495 e. The van der Waals surface area contributed by atoms with Crippen LogP contribution in [0.4, 0.5) is 5.69 Å². The molecule has 0 aliphatic rings. The molecule has 0 unspecified atom stereocenters. The molecule has 1 aromatic carbocycles. The molecule has 0 bridgehead atoms. The Morgan fingerprint density at radius 3 is 3.00 bits per heavy atom. The van der Waals surface area contributed by atoms with Crippen molar-refractivity contribution in [2.75, 3.05) is 25.5 Å². The summed E-state index contributed by atoms with van der Waals surface area (Å²) in [6.07, 6.45) is 6.37. The maximum absolute atomic E-state index is 11.8. The number of benzene rings is 1. The maximum Gasteiger partial charge on any atom is 0.238 e. The number of nitrogens with one attached hydrogen (secondary N) is 2. The number of hydrogen-bond donors (Lipinski definition) is 2. The molecular weight excluding hydrogens is 304 g/mol. The van der Waals surface area contributed by atoms with Gasteiger partial charge in [0.2, 0.25) is 5.91 Å². The van der Waals surface area contributed by atoms with Crippen LogP contribution in [-0.4, -0.2) is 35.7 Å². The van der Waals surface area contributed by atoms with Gasteiger partial charge in [0.05, 0.1) is 25.0 Å². The van der Waals surface area contributed by atoms with E-state index in [2.05, 4.69) is 15.6 Å². The van der Waals surface area contributed by atoms with E-state index in [9.17, 15) is 4.79 Å². The molecule has 0 saturated heterocycles. The number of imidazole rings is 1. The van der Waals surface area contributed by atoms with Crippen molar-refractivity contribution in [2.24, 2.45) is 0 Å². The number of hydrogen-bond acceptors (Lipinski definition) is 4. The Morgan fingerprint density at radius 1 is 1.45 bits per heavy atom. The van der Waals surface area contributed by atoms with Crippen molar-refractivity contribution in [3.63, 3.8) is 0 Å². The summed E-state index contributed by atoms with van der Waals surface area (Å²) >= 11 is 6.01. The van der Waals surface area contributed by atoms with Gasteiger partial charge in [-0.2, -0.15) is 0 Å². The van der Waals surface area contributed by atoms with Crippen molar-refractivity contribution in [2.45, 2.75) is 13.0 Å². The van der Waals surface area contributed by atoms with E-state index >= 15 is 0 Å². The Hall–Kier alpha value is -2.05. The van der Waals surface area contributed by atoms with Gasteiger partial charge in [-0.15, -0.1) is 0 Å². The predicted octanol–water partition coefficient (Wildman–Crippen LogP) is 2.16. The lowest BCUT2D eigenvalue weighted by atomic mass is 10.3. The molecular formula is C15H19ClN4O2. The monoisotopic (exact) mass is 322 g/mol. The third kappa shape index (κ3) is 5.05. The Labute approximate surface area is 134 Å². The third-order valence-corrected chi connectivity index (χ3v) is 3.35. The van der Waals surface area contributed by atoms with E-state index in [1.807, 2.05) is 10.8 Å². The van der Waals surface area contributed by atoms with Gasteiger partial charge < -0.3 is 19.9 Å². The van der Waals surface area contributed by atoms with Gasteiger partial charge in [0, 0.05) is 24.6 Å². The molecule has 1 heterocycles. The van der Waals surface area contributed by atoms with Crippen LogP contribution in [0, 0.1) is 0 Å². The Kier molecular flexibility index (Phi) is 6.24. The zero-order chi connectivity index (χ0) is 15.8. The normalized spacial score (nSPS) is 10.5. The topological polar surface area (TPSA) is 68.2 Å². The van der Waals surface area contributed by atoms with Gasteiger partial charge in [-0.25, -0.2) is 4.98 Å². The van der Waals surface area contributed by atoms with E-state index in [-0.39, 0.29) is 12.5 Å². The molecule has 0 aliphatic carbocycles. The van der Waals surface area contributed by atoms with Gasteiger partial charge in [-0.05, 0) is 31.2 Å². The van der Waals surface area contributed by atoms with Crippen LogP contribution in [0.3, 0.4) is 0 Å². The van der Waals surface area contributed by atoms with Crippen LogP contribution in [0.2, 0.25) is 5.02 Å². The fraction of sp³-hybridized carbons (Fsp3) is 0.333. The number of amides is 1. The summed E-state index contributed by atoms with van der Waals surface area (Å²) < 4.78 is 7.07. The number of carbonyl (C=O) groups excluding carboxylic acids is 1. The smallest absolute Gasteiger partial charge is 0.238 e. The second-order valence-corrected chi connectivity index (χ2v) is 5.14. The third-order valence-electron chi connectivity index (χ3n) is 3.05. The SMILES string of the molecule is COc1ccc(NC(=O)CNCCCn2ccnc2)cc1Cl. The molecule has 0 radical (unpaired) electrons. The highest BCUT2D eigenvalue weighted by molar-refractivity contribution is 6.32. The lowest BCUT2D eigenvalue weighted by Gasteiger charge is -2.09. The number of anilines is 1. The fourth-order valence-corrected chi connectivity index (χ4v) is 2.21. The number of aryl methyl sites for hydroxylation is 1. The highest BCUT2D eigenvalue weighted by Gasteiger charge is 2.05. The van der Waals surface area contributed by atoms with E-state index in [1.165, 1.54) is 0 Å². The highest BCUT2D eigenvalue weighted by Crippen LogP contribution is 2.26. The molecule has 1 amide bonds. The van der Waals surface area contributed by atoms with Crippen molar-refractivity contribution >= 4 is 23.2 Å². The summed E-state index contributed by atoms with van der Waals surface area (Å²) in [5, 5.41) is 6.35. The number of rotatable bonds is 8. The fourth-order valence-electron chi connectivity index (χ4n) is 1.96. The van der Waals surface area contributed by atoms with Crippen LogP contribution in [-0.2, 0) is 11.3 Å². The molecule has 22 heavy (non-hydrogen) atoms. The number of methoxy groups -OCH3 is 1. The Bertz CT molecular complexity index is 602. The first kappa shape index (κ1) is 16.3. The number of nitrogens with zero attached hydrogens (tertiary/aromatic N) is 2. The molecule has 0 saturated carbocycles. The quantitative estimate of drug-likeness (QED) is 0.731. The van der Waals surface area contributed by atoms with Crippen LogP contribution < -0.4 is 15.4 Å². The zero-order valence-corrected chi connectivity index (χ0v) is 13.1. The molecule has 7 heteroatoms. The average molecular weight is 323 g/mol. The van der Waals surface area contributed by atoms with Crippen LogP contribution in [0.25, 0.3) is 0 Å². The standard InChI is InChI=1S/C15H19ClN4O2/c1-22-14-4-3-12(9-13(14)16)19-15(21)10-17-5-2-7-20-8-6-18-11-20/h3-4,6,8-9,11,17H,2,5,7,10H2,1H3,(H,19,21). The molecule has 2 rings (SSSR count). The van der Waals surface area contributed by atoms with Gasteiger partial charge in [-0.3, -0.25) is 4.79 Å². The molecule has 0 spiro atoms. The highest BCUT2D eigenvalue weighted by atomic mass is 35.5. The molecule has 118 valence electrons. The van der Waals surface area contributed by atoms with Gasteiger partial charge >= 0.3 is 0 Å². The summed E-state index contributed by atoms with van der Waals surface area (Å²) in [6.45, 7) is 1.89. The number of aromatic nitrogens is 2. The van der Waals surface area contributed by atoms with Crippen LogP contribution >= 0.6 is 11.6 Å². The average Bonchev–Trinajstić information content (AvgIpc) is 3.00. The Balaban J connectivity index is 1.66. The van der Waals surface area contributed by atoms with Crippen LogP contribution in [0.5, 0.6) is 5.75 Å². The summed E-state index contributed by atoms with van der Waals surface area (Å²) in [4.78, 5) is 15.8.